The average molecular weight is 264 g/mol. The Morgan fingerprint density at radius 2 is 1.95 bits per heavy atom. The number of nitrogens with zero attached hydrogens (tertiary/aromatic N) is 1. The van der Waals surface area contributed by atoms with Gasteiger partial charge in [0, 0.05) is 11.8 Å². The molecule has 0 bridgehead atoms. The highest BCUT2D eigenvalue weighted by atomic mass is 19.1. The lowest BCUT2D eigenvalue weighted by Gasteiger charge is -2.08. The highest BCUT2D eigenvalue weighted by Crippen LogP contribution is 2.27. The molecule has 0 amide bonds. The van der Waals surface area contributed by atoms with E-state index in [-0.39, 0.29) is 11.4 Å². The molecule has 0 saturated heterocycles. The summed E-state index contributed by atoms with van der Waals surface area (Å²) in [6.07, 6.45) is 1.47. The Balaban J connectivity index is 2.58. The highest BCUT2D eigenvalue weighted by Gasteiger charge is 2.20. The van der Waals surface area contributed by atoms with Crippen LogP contribution in [0.1, 0.15) is 10.4 Å². The molecule has 6 heteroatoms. The van der Waals surface area contributed by atoms with Crippen LogP contribution >= 0.6 is 0 Å². The van der Waals surface area contributed by atoms with Crippen molar-refractivity contribution < 1.29 is 18.3 Å². The fourth-order valence-electron chi connectivity index (χ4n) is 1.69. The zero-order valence-electron chi connectivity index (χ0n) is 9.98. The molecule has 0 fully saturated rings. The Morgan fingerprint density at radius 3 is 2.47 bits per heavy atom. The molecule has 0 aliphatic heterocycles. The van der Waals surface area contributed by atoms with Crippen LogP contribution in [0.25, 0.3) is 11.1 Å². The van der Waals surface area contributed by atoms with Crippen molar-refractivity contribution in [2.75, 3.05) is 12.8 Å². The van der Waals surface area contributed by atoms with Crippen molar-refractivity contribution in [3.05, 3.63) is 47.7 Å². The summed E-state index contributed by atoms with van der Waals surface area (Å²) in [4.78, 5) is 15.1. The molecule has 4 nitrogen and oxygen atoms in total. The topological polar surface area (TPSA) is 65.2 Å². The first-order valence-electron chi connectivity index (χ1n) is 5.32. The monoisotopic (exact) mass is 264 g/mol. The van der Waals surface area contributed by atoms with E-state index in [0.717, 1.165) is 19.2 Å². The predicted molar refractivity (Wildman–Crippen MR) is 65.3 cm³/mol. The second-order valence-corrected chi connectivity index (χ2v) is 3.74. The van der Waals surface area contributed by atoms with Gasteiger partial charge < -0.3 is 10.5 Å². The summed E-state index contributed by atoms with van der Waals surface area (Å²) in [6, 6.07) is 5.20. The van der Waals surface area contributed by atoms with E-state index in [4.69, 9.17) is 5.73 Å². The zero-order chi connectivity index (χ0) is 14.0. The Morgan fingerprint density at radius 1 is 1.32 bits per heavy atom. The van der Waals surface area contributed by atoms with E-state index < -0.39 is 23.2 Å². The molecule has 1 heterocycles. The van der Waals surface area contributed by atoms with Gasteiger partial charge in [0.2, 0.25) is 0 Å². The molecule has 2 rings (SSSR count). The molecular weight excluding hydrogens is 254 g/mol. The van der Waals surface area contributed by atoms with Crippen LogP contribution < -0.4 is 5.73 Å². The summed E-state index contributed by atoms with van der Waals surface area (Å²) in [5.41, 5.74) is 5.49. The van der Waals surface area contributed by atoms with Crippen LogP contribution in [-0.2, 0) is 4.74 Å². The van der Waals surface area contributed by atoms with Crippen LogP contribution in [-0.4, -0.2) is 18.1 Å². The molecule has 0 aliphatic carbocycles. The third-order valence-electron chi connectivity index (χ3n) is 2.58. The molecule has 2 N–H and O–H groups in total. The van der Waals surface area contributed by atoms with Gasteiger partial charge in [-0.05, 0) is 29.8 Å². The number of carbonyl (C=O) groups is 1. The number of halogens is 2. The number of hydrogen-bond acceptors (Lipinski definition) is 4. The summed E-state index contributed by atoms with van der Waals surface area (Å²) >= 11 is 0. The minimum absolute atomic E-state index is 0.145. The quantitative estimate of drug-likeness (QED) is 0.846. The second kappa shape index (κ2) is 5.01. The van der Waals surface area contributed by atoms with E-state index in [1.54, 1.807) is 12.1 Å². The number of pyridine rings is 1. The van der Waals surface area contributed by atoms with Crippen molar-refractivity contribution in [2.24, 2.45) is 0 Å². The number of nitrogens with two attached hydrogens (primary N) is 1. The van der Waals surface area contributed by atoms with Gasteiger partial charge in [0.1, 0.15) is 23.0 Å². The number of methoxy groups -OCH3 is 1. The molecule has 1 aromatic carbocycles. The van der Waals surface area contributed by atoms with Gasteiger partial charge in [0.15, 0.2) is 0 Å². The smallest absolute Gasteiger partial charge is 0.343 e. The molecule has 0 atom stereocenters. The average Bonchev–Trinajstić information content (AvgIpc) is 2.38. The third kappa shape index (κ3) is 2.37. The predicted octanol–water partition coefficient (Wildman–Crippen LogP) is 2.40. The normalized spacial score (nSPS) is 10.3. The van der Waals surface area contributed by atoms with Gasteiger partial charge in [0.25, 0.3) is 0 Å². The van der Waals surface area contributed by atoms with E-state index >= 15 is 0 Å². The number of aromatic nitrogens is 1. The number of carbonyl (C=O) groups excluding carboxylic acids is 1. The van der Waals surface area contributed by atoms with Gasteiger partial charge in [-0.2, -0.15) is 0 Å². The first kappa shape index (κ1) is 12.9. The molecule has 0 spiro atoms. The number of benzene rings is 1. The lowest BCUT2D eigenvalue weighted by atomic mass is 10.0. The highest BCUT2D eigenvalue weighted by molar-refractivity contribution is 5.91. The number of esters is 1. The molecule has 98 valence electrons. The van der Waals surface area contributed by atoms with Crippen LogP contribution in [0, 0.1) is 11.6 Å². The van der Waals surface area contributed by atoms with Gasteiger partial charge in [-0.25, -0.2) is 18.6 Å². The van der Waals surface area contributed by atoms with Crippen molar-refractivity contribution in [1.29, 1.82) is 0 Å². The van der Waals surface area contributed by atoms with E-state index in [1.165, 1.54) is 6.20 Å². The second-order valence-electron chi connectivity index (χ2n) is 3.74. The lowest BCUT2D eigenvalue weighted by Crippen LogP contribution is -2.08. The number of hydrogen-bond donors (Lipinski definition) is 1. The summed E-state index contributed by atoms with van der Waals surface area (Å²) in [5, 5.41) is 0. The van der Waals surface area contributed by atoms with Gasteiger partial charge in [-0.3, -0.25) is 0 Å². The standard InChI is InChI=1S/C13H10F2N2O2/c1-19-13(18)11-9(14)5-7(6-10(11)15)8-3-2-4-17-12(8)16/h2-6H,1H3,(H2,16,17). The molecule has 1 aromatic heterocycles. The number of anilines is 1. The largest absolute Gasteiger partial charge is 0.465 e. The molecule has 0 aliphatic rings. The lowest BCUT2D eigenvalue weighted by molar-refractivity contribution is 0.0590. The first-order valence-corrected chi connectivity index (χ1v) is 5.32. The van der Waals surface area contributed by atoms with Crippen molar-refractivity contribution in [2.45, 2.75) is 0 Å². The summed E-state index contributed by atoms with van der Waals surface area (Å²) in [5.74, 6) is -2.94. The van der Waals surface area contributed by atoms with Crippen LogP contribution in [0.4, 0.5) is 14.6 Å². The van der Waals surface area contributed by atoms with E-state index in [2.05, 4.69) is 9.72 Å². The molecule has 0 saturated carbocycles. The Kier molecular flexibility index (Phi) is 3.41. The van der Waals surface area contributed by atoms with Crippen molar-refractivity contribution >= 4 is 11.8 Å². The summed E-state index contributed by atoms with van der Waals surface area (Å²) in [7, 11) is 1.05. The summed E-state index contributed by atoms with van der Waals surface area (Å²) in [6.45, 7) is 0. The van der Waals surface area contributed by atoms with Crippen molar-refractivity contribution in [1.82, 2.24) is 4.98 Å². The van der Waals surface area contributed by atoms with E-state index in [0.29, 0.717) is 5.56 Å². The van der Waals surface area contributed by atoms with Crippen molar-refractivity contribution in [3.63, 3.8) is 0 Å². The maximum absolute atomic E-state index is 13.8. The minimum atomic E-state index is -1.07. The van der Waals surface area contributed by atoms with Crippen LogP contribution in [0.15, 0.2) is 30.5 Å². The molecular formula is C13H10F2N2O2. The number of rotatable bonds is 2. The van der Waals surface area contributed by atoms with Crippen LogP contribution in [0.3, 0.4) is 0 Å². The summed E-state index contributed by atoms with van der Waals surface area (Å²) < 4.78 is 31.8. The third-order valence-corrected chi connectivity index (χ3v) is 2.58. The first-order chi connectivity index (χ1) is 9.04. The molecule has 0 unspecified atom stereocenters. The van der Waals surface area contributed by atoms with Crippen molar-refractivity contribution in [3.8, 4) is 11.1 Å². The number of nitrogen functional groups attached to an aromatic ring is 1. The fraction of sp³-hybridized carbons (Fsp3) is 0.0769. The zero-order valence-corrected chi connectivity index (χ0v) is 9.98. The van der Waals surface area contributed by atoms with Gasteiger partial charge in [-0.1, -0.05) is 0 Å². The Bertz CT molecular complexity index is 621. The molecule has 2 aromatic rings. The minimum Gasteiger partial charge on any atom is -0.465 e. The molecule has 19 heavy (non-hydrogen) atoms. The Hall–Kier alpha value is -2.50. The maximum Gasteiger partial charge on any atom is 0.343 e. The van der Waals surface area contributed by atoms with Crippen LogP contribution in [0.5, 0.6) is 0 Å². The van der Waals surface area contributed by atoms with E-state index in [1.807, 2.05) is 0 Å². The maximum atomic E-state index is 13.8. The van der Waals surface area contributed by atoms with Gasteiger partial charge >= 0.3 is 5.97 Å². The number of ether oxygens (including phenoxy) is 1. The Labute approximate surface area is 107 Å². The van der Waals surface area contributed by atoms with Crippen LogP contribution in [0.2, 0.25) is 0 Å². The molecule has 0 radical (unpaired) electrons. The SMILES string of the molecule is COC(=O)c1c(F)cc(-c2cccnc2N)cc1F. The van der Waals surface area contributed by atoms with E-state index in [9.17, 15) is 13.6 Å². The fourth-order valence-corrected chi connectivity index (χ4v) is 1.69. The van der Waals surface area contributed by atoms with Gasteiger partial charge in [-0.15, -0.1) is 0 Å². The van der Waals surface area contributed by atoms with Gasteiger partial charge in [0.05, 0.1) is 7.11 Å².